The van der Waals surface area contributed by atoms with Crippen molar-refractivity contribution in [2.45, 2.75) is 70.7 Å². The molecule has 1 heterocycles. The molecule has 46 heavy (non-hydrogen) atoms. The lowest BCUT2D eigenvalue weighted by Gasteiger charge is -2.38. The Morgan fingerprint density at radius 1 is 0.761 bits per heavy atom. The first-order chi connectivity index (χ1) is 22.0. The number of hydrogen-bond donors (Lipinski definition) is 0. The first kappa shape index (κ1) is 34.0. The minimum Gasteiger partial charge on any atom is -0.429 e. The van der Waals surface area contributed by atoms with Crippen LogP contribution in [0.3, 0.4) is 0 Å². The van der Waals surface area contributed by atoms with Gasteiger partial charge in [0, 0.05) is 35.3 Å². The molecule has 0 radical (unpaired) electrons. The number of hydrogen-bond acceptors (Lipinski definition) is 3. The summed E-state index contributed by atoms with van der Waals surface area (Å²) in [4.78, 5) is 0. The molecule has 0 aromatic heterocycles. The third-order valence-electron chi connectivity index (χ3n) is 8.95. The first-order valence-electron chi connectivity index (χ1n) is 15.8. The van der Waals surface area contributed by atoms with Crippen LogP contribution in [0.4, 0.5) is 30.7 Å². The van der Waals surface area contributed by atoms with Gasteiger partial charge in [-0.1, -0.05) is 69.7 Å². The van der Waals surface area contributed by atoms with Crippen LogP contribution in [-0.2, 0) is 9.47 Å². The highest BCUT2D eigenvalue weighted by Gasteiger charge is 2.33. The van der Waals surface area contributed by atoms with Gasteiger partial charge in [-0.2, -0.15) is 8.78 Å². The summed E-state index contributed by atoms with van der Waals surface area (Å²) in [5, 5.41) is 0. The molecule has 3 nitrogen and oxygen atoms in total. The van der Waals surface area contributed by atoms with Crippen LogP contribution < -0.4 is 4.74 Å². The van der Waals surface area contributed by atoms with Gasteiger partial charge in [-0.25, -0.2) is 22.0 Å². The van der Waals surface area contributed by atoms with Crippen LogP contribution in [0.2, 0.25) is 0 Å². The number of unbranched alkanes of at least 4 members (excludes halogenated alkanes) is 2. The molecule has 0 unspecified atom stereocenters. The van der Waals surface area contributed by atoms with Gasteiger partial charge >= 0.3 is 6.11 Å². The van der Waals surface area contributed by atoms with Crippen molar-refractivity contribution in [2.24, 2.45) is 17.8 Å². The van der Waals surface area contributed by atoms with Crippen LogP contribution in [0.5, 0.6) is 5.75 Å². The fourth-order valence-corrected chi connectivity index (χ4v) is 6.32. The summed E-state index contributed by atoms with van der Waals surface area (Å²) < 4.78 is 114. The van der Waals surface area contributed by atoms with E-state index in [1.165, 1.54) is 51.4 Å². The van der Waals surface area contributed by atoms with Gasteiger partial charge in [0.05, 0.1) is 13.2 Å². The molecular formula is C36H37F7O3. The molecule has 0 amide bonds. The lowest BCUT2D eigenvalue weighted by atomic mass is 9.74. The maximum absolute atomic E-state index is 14.8. The minimum absolute atomic E-state index is 0.0243. The summed E-state index contributed by atoms with van der Waals surface area (Å²) in [6, 6.07) is 9.30. The Bertz CT molecular complexity index is 1450. The van der Waals surface area contributed by atoms with Crippen molar-refractivity contribution in [3.8, 4) is 16.9 Å². The molecule has 3 aromatic rings. The number of ether oxygens (including phenoxy) is 3. The molecule has 0 spiro atoms. The second kappa shape index (κ2) is 15.0. The Morgan fingerprint density at radius 2 is 1.37 bits per heavy atom. The molecule has 3 aromatic carbocycles. The summed E-state index contributed by atoms with van der Waals surface area (Å²) in [5.41, 5.74) is 0.652. The molecular weight excluding hydrogens is 613 g/mol. The maximum atomic E-state index is 14.8. The van der Waals surface area contributed by atoms with Crippen molar-refractivity contribution < 1.29 is 44.9 Å². The van der Waals surface area contributed by atoms with Crippen molar-refractivity contribution in [1.29, 1.82) is 0 Å². The third-order valence-corrected chi connectivity index (χ3v) is 8.95. The average Bonchev–Trinajstić information content (AvgIpc) is 3.03. The quantitative estimate of drug-likeness (QED) is 0.117. The molecule has 1 aliphatic carbocycles. The molecule has 1 saturated heterocycles. The average molecular weight is 651 g/mol. The van der Waals surface area contributed by atoms with E-state index in [0.717, 1.165) is 23.6 Å². The SMILES string of the molecule is CCCCCC1CCC(C2COC(c3ccc(-c4cc(F)c(C=CC(F)(F)Oc5cc(F)c(F)c(F)c5)c(F)c4)cc3)OC2)CC1. The van der Waals surface area contributed by atoms with Crippen LogP contribution in [0.15, 0.2) is 54.6 Å². The van der Waals surface area contributed by atoms with Crippen LogP contribution in [-0.4, -0.2) is 19.3 Å². The fraction of sp³-hybridized carbons (Fsp3) is 0.444. The van der Waals surface area contributed by atoms with E-state index in [0.29, 0.717) is 36.7 Å². The van der Waals surface area contributed by atoms with Gasteiger partial charge in [-0.05, 0) is 54.0 Å². The van der Waals surface area contributed by atoms with Gasteiger partial charge in [0.15, 0.2) is 23.7 Å². The zero-order valence-electron chi connectivity index (χ0n) is 25.5. The van der Waals surface area contributed by atoms with Gasteiger partial charge < -0.3 is 14.2 Å². The topological polar surface area (TPSA) is 27.7 Å². The number of alkyl halides is 2. The Hall–Kier alpha value is -3.37. The second-order valence-electron chi connectivity index (χ2n) is 12.2. The fourth-order valence-electron chi connectivity index (χ4n) is 6.32. The lowest BCUT2D eigenvalue weighted by molar-refractivity contribution is -0.214. The van der Waals surface area contributed by atoms with Crippen molar-refractivity contribution in [3.63, 3.8) is 0 Å². The zero-order chi connectivity index (χ0) is 32.8. The zero-order valence-corrected chi connectivity index (χ0v) is 25.5. The van der Waals surface area contributed by atoms with Crippen LogP contribution in [0.25, 0.3) is 17.2 Å². The Labute approximate surface area is 264 Å². The van der Waals surface area contributed by atoms with Gasteiger partial charge in [-0.15, -0.1) is 0 Å². The first-order valence-corrected chi connectivity index (χ1v) is 15.8. The molecule has 0 bridgehead atoms. The highest BCUT2D eigenvalue weighted by molar-refractivity contribution is 5.67. The van der Waals surface area contributed by atoms with Crippen molar-refractivity contribution in [1.82, 2.24) is 0 Å². The summed E-state index contributed by atoms with van der Waals surface area (Å²) >= 11 is 0. The monoisotopic (exact) mass is 650 g/mol. The second-order valence-corrected chi connectivity index (χ2v) is 12.2. The molecule has 0 N–H and O–H groups in total. The van der Waals surface area contributed by atoms with E-state index in [1.807, 2.05) is 0 Å². The van der Waals surface area contributed by atoms with E-state index >= 15 is 0 Å². The highest BCUT2D eigenvalue weighted by atomic mass is 19.3. The van der Waals surface area contributed by atoms with E-state index in [9.17, 15) is 30.7 Å². The molecule has 1 aliphatic heterocycles. The highest BCUT2D eigenvalue weighted by Crippen LogP contribution is 2.39. The molecule has 5 rings (SSSR count). The van der Waals surface area contributed by atoms with E-state index in [2.05, 4.69) is 11.7 Å². The lowest BCUT2D eigenvalue weighted by Crippen LogP contribution is -2.34. The third kappa shape index (κ3) is 8.50. The van der Waals surface area contributed by atoms with Crippen molar-refractivity contribution in [2.75, 3.05) is 13.2 Å². The van der Waals surface area contributed by atoms with E-state index in [4.69, 9.17) is 9.47 Å². The van der Waals surface area contributed by atoms with E-state index < -0.39 is 52.8 Å². The smallest absolute Gasteiger partial charge is 0.419 e. The summed E-state index contributed by atoms with van der Waals surface area (Å²) in [7, 11) is 0. The predicted molar refractivity (Wildman–Crippen MR) is 160 cm³/mol. The number of halogens is 7. The maximum Gasteiger partial charge on any atom is 0.419 e. The van der Waals surface area contributed by atoms with E-state index in [-0.39, 0.29) is 23.8 Å². The summed E-state index contributed by atoms with van der Waals surface area (Å²) in [5.74, 6) is -6.75. The standard InChI is InChI=1S/C36H37F7O3/c1-2-3-4-5-22-6-8-24(9-7-22)27-20-44-35(45-21-27)25-12-10-23(11-13-25)26-16-30(37)29(31(38)17-26)14-15-36(42,43)46-28-18-32(39)34(41)33(40)19-28/h10-19,22,24,27,35H,2-9,20-21H2,1H3. The number of rotatable bonds is 11. The Balaban J connectivity index is 1.16. The van der Waals surface area contributed by atoms with Gasteiger partial charge in [0.2, 0.25) is 0 Å². The normalized spacial score (nSPS) is 22.3. The minimum atomic E-state index is -4.22. The molecule has 2 fully saturated rings. The van der Waals surface area contributed by atoms with E-state index in [1.54, 1.807) is 24.3 Å². The van der Waals surface area contributed by atoms with Gasteiger partial charge in [0.1, 0.15) is 17.4 Å². The van der Waals surface area contributed by atoms with Crippen LogP contribution in [0, 0.1) is 46.8 Å². The summed E-state index contributed by atoms with van der Waals surface area (Å²) in [6.45, 7) is 3.46. The molecule has 2 aliphatic rings. The van der Waals surface area contributed by atoms with Crippen LogP contribution in [0.1, 0.15) is 75.7 Å². The van der Waals surface area contributed by atoms with Crippen molar-refractivity contribution in [3.05, 3.63) is 94.8 Å². The van der Waals surface area contributed by atoms with Crippen molar-refractivity contribution >= 4 is 6.08 Å². The molecule has 10 heteroatoms. The molecule has 1 saturated carbocycles. The Kier molecular flexibility index (Phi) is 11.1. The Morgan fingerprint density at radius 3 is 1.96 bits per heavy atom. The number of benzene rings is 3. The molecule has 248 valence electrons. The van der Waals surface area contributed by atoms with Gasteiger partial charge in [0.25, 0.3) is 0 Å². The predicted octanol–water partition coefficient (Wildman–Crippen LogP) is 10.8. The largest absolute Gasteiger partial charge is 0.429 e. The molecule has 0 atom stereocenters. The summed E-state index contributed by atoms with van der Waals surface area (Å²) in [6.07, 6.45) is 5.91. The van der Waals surface area contributed by atoms with Crippen LogP contribution >= 0.6 is 0 Å². The van der Waals surface area contributed by atoms with Gasteiger partial charge in [-0.3, -0.25) is 0 Å².